The molecule has 2 aromatic heterocycles. The standard InChI is InChI=1S/C27H29ClF2N8O2/c1-18-5-4-6-22(29)19(8-7-18)15-31-27(40)24-16-37(35-33-24)11-2-3-12-38-17-25(34-36-38)32-26(39)14-20-13-21(28)9-10-23(20)30/h4-6,8-10,13,16-18H,2-3,7,11-12,14-15H2,1H3,(H,31,40)(H,32,39)/b5-4-,19-8+,22-6+. The van der Waals surface area contributed by atoms with Gasteiger partial charge in [-0.15, -0.1) is 10.2 Å². The maximum absolute atomic E-state index is 14.2. The lowest BCUT2D eigenvalue weighted by atomic mass is 10.0. The van der Waals surface area contributed by atoms with Gasteiger partial charge in [0.15, 0.2) is 11.5 Å². The average molecular weight is 571 g/mol. The van der Waals surface area contributed by atoms with Crippen molar-refractivity contribution in [3.8, 4) is 0 Å². The van der Waals surface area contributed by atoms with E-state index in [1.165, 1.54) is 24.3 Å². The van der Waals surface area contributed by atoms with Crippen molar-refractivity contribution in [2.24, 2.45) is 5.92 Å². The number of amides is 2. The largest absolute Gasteiger partial charge is 0.346 e. The van der Waals surface area contributed by atoms with Crippen molar-refractivity contribution in [3.05, 3.63) is 88.4 Å². The van der Waals surface area contributed by atoms with Crippen molar-refractivity contribution in [3.63, 3.8) is 0 Å². The molecule has 0 saturated heterocycles. The van der Waals surface area contributed by atoms with E-state index in [2.05, 4.69) is 31.3 Å². The highest BCUT2D eigenvalue weighted by Crippen LogP contribution is 2.18. The molecule has 0 aliphatic heterocycles. The van der Waals surface area contributed by atoms with Gasteiger partial charge in [-0.3, -0.25) is 19.0 Å². The number of aromatic nitrogens is 6. The third-order valence-corrected chi connectivity index (χ3v) is 6.36. The van der Waals surface area contributed by atoms with Crippen molar-refractivity contribution >= 4 is 29.2 Å². The molecule has 2 N–H and O–H groups in total. The van der Waals surface area contributed by atoms with Gasteiger partial charge >= 0.3 is 0 Å². The topological polar surface area (TPSA) is 120 Å². The summed E-state index contributed by atoms with van der Waals surface area (Å²) in [6.45, 7) is 3.16. The summed E-state index contributed by atoms with van der Waals surface area (Å²) in [6.07, 6.45) is 11.9. The number of aryl methyl sites for hydroxylation is 2. The molecule has 2 amide bonds. The Hall–Kier alpha value is -4.19. The van der Waals surface area contributed by atoms with Crippen LogP contribution in [0.15, 0.2) is 66.3 Å². The third kappa shape index (κ3) is 8.40. The SMILES string of the molecule is CC1\C=C/C=C(F)\C(CNC(=O)c2cn(CCCCn3cc(NC(=O)Cc4cc(Cl)ccc4F)nn3)nn2)=C\C1. The molecule has 10 nitrogen and oxygen atoms in total. The fraction of sp³-hybridized carbons (Fsp3) is 0.333. The summed E-state index contributed by atoms with van der Waals surface area (Å²) in [5, 5.41) is 21.5. The predicted octanol–water partition coefficient (Wildman–Crippen LogP) is 4.43. The number of nitrogens with zero attached hydrogens (tertiary/aromatic N) is 6. The Balaban J connectivity index is 1.18. The molecule has 1 aliphatic carbocycles. The van der Waals surface area contributed by atoms with E-state index in [1.807, 2.05) is 13.0 Å². The third-order valence-electron chi connectivity index (χ3n) is 6.13. The number of benzene rings is 1. The molecule has 0 spiro atoms. The molecule has 3 aromatic rings. The number of rotatable bonds is 11. The second-order valence-electron chi connectivity index (χ2n) is 9.43. The molecule has 40 heavy (non-hydrogen) atoms. The molecule has 2 heterocycles. The van der Waals surface area contributed by atoms with Gasteiger partial charge in [-0.1, -0.05) is 47.2 Å². The van der Waals surface area contributed by atoms with Crippen molar-refractivity contribution in [1.29, 1.82) is 0 Å². The fourth-order valence-corrected chi connectivity index (χ4v) is 4.12. The zero-order valence-electron chi connectivity index (χ0n) is 21.9. The van der Waals surface area contributed by atoms with Crippen LogP contribution in [0.5, 0.6) is 0 Å². The van der Waals surface area contributed by atoms with Crippen LogP contribution in [0.25, 0.3) is 0 Å². The summed E-state index contributed by atoms with van der Waals surface area (Å²) in [5.74, 6) is -1.20. The van der Waals surface area contributed by atoms with Crippen LogP contribution in [0.4, 0.5) is 14.6 Å². The van der Waals surface area contributed by atoms with Crippen LogP contribution in [0.3, 0.4) is 0 Å². The molecule has 1 unspecified atom stereocenters. The summed E-state index contributed by atoms with van der Waals surface area (Å²) in [4.78, 5) is 24.7. The minimum Gasteiger partial charge on any atom is -0.346 e. The molecular weight excluding hydrogens is 542 g/mol. The van der Waals surface area contributed by atoms with Crippen LogP contribution in [-0.2, 0) is 24.3 Å². The van der Waals surface area contributed by atoms with Gasteiger partial charge in [-0.2, -0.15) is 0 Å². The summed E-state index contributed by atoms with van der Waals surface area (Å²) in [5.41, 5.74) is 0.776. The van der Waals surface area contributed by atoms with Crippen LogP contribution in [0, 0.1) is 11.7 Å². The Morgan fingerprint density at radius 2 is 1.85 bits per heavy atom. The number of unbranched alkanes of at least 4 members (excludes halogenated alkanes) is 1. The van der Waals surface area contributed by atoms with E-state index >= 15 is 0 Å². The van der Waals surface area contributed by atoms with Gasteiger partial charge < -0.3 is 10.6 Å². The minimum absolute atomic E-state index is 0.0619. The molecule has 0 radical (unpaired) electrons. The molecule has 1 aliphatic rings. The Bertz CT molecular complexity index is 1450. The van der Waals surface area contributed by atoms with Gasteiger partial charge in [0.2, 0.25) is 5.91 Å². The first-order chi connectivity index (χ1) is 19.3. The summed E-state index contributed by atoms with van der Waals surface area (Å²) in [7, 11) is 0. The second-order valence-corrected chi connectivity index (χ2v) is 9.86. The maximum Gasteiger partial charge on any atom is 0.273 e. The van der Waals surface area contributed by atoms with Crippen molar-refractivity contribution < 1.29 is 18.4 Å². The number of hydrogen-bond donors (Lipinski definition) is 2. The predicted molar refractivity (Wildman–Crippen MR) is 146 cm³/mol. The summed E-state index contributed by atoms with van der Waals surface area (Å²) in [6, 6.07) is 4.04. The lowest BCUT2D eigenvalue weighted by Crippen LogP contribution is -2.26. The van der Waals surface area contributed by atoms with E-state index < -0.39 is 17.6 Å². The van der Waals surface area contributed by atoms with Gasteiger partial charge in [0.25, 0.3) is 5.91 Å². The number of hydrogen-bond acceptors (Lipinski definition) is 6. The van der Waals surface area contributed by atoms with Crippen molar-refractivity contribution in [2.75, 3.05) is 11.9 Å². The van der Waals surface area contributed by atoms with E-state index in [9.17, 15) is 18.4 Å². The maximum atomic E-state index is 14.2. The van der Waals surface area contributed by atoms with Crippen LogP contribution in [0.1, 0.15) is 42.2 Å². The van der Waals surface area contributed by atoms with E-state index in [4.69, 9.17) is 11.6 Å². The quantitative estimate of drug-likeness (QED) is 0.329. The fourth-order valence-electron chi connectivity index (χ4n) is 3.93. The van der Waals surface area contributed by atoms with Crippen LogP contribution in [0.2, 0.25) is 5.02 Å². The highest BCUT2D eigenvalue weighted by molar-refractivity contribution is 6.30. The van der Waals surface area contributed by atoms with E-state index in [0.29, 0.717) is 42.4 Å². The lowest BCUT2D eigenvalue weighted by Gasteiger charge is -2.10. The molecule has 13 heteroatoms. The molecule has 1 aromatic carbocycles. The van der Waals surface area contributed by atoms with Crippen LogP contribution in [-0.4, -0.2) is 48.3 Å². The highest BCUT2D eigenvalue weighted by atomic mass is 35.5. The molecule has 1 atom stereocenters. The molecule has 0 fully saturated rings. The number of anilines is 1. The lowest BCUT2D eigenvalue weighted by molar-refractivity contribution is -0.115. The normalized spacial score (nSPS) is 18.6. The zero-order chi connectivity index (χ0) is 28.5. The van der Waals surface area contributed by atoms with E-state index in [0.717, 1.165) is 6.42 Å². The van der Waals surface area contributed by atoms with Crippen LogP contribution < -0.4 is 10.6 Å². The average Bonchev–Trinajstić information content (AvgIpc) is 3.57. The van der Waals surface area contributed by atoms with Gasteiger partial charge in [0, 0.05) is 30.2 Å². The van der Waals surface area contributed by atoms with Gasteiger partial charge in [0.1, 0.15) is 11.6 Å². The molecule has 0 saturated carbocycles. The minimum atomic E-state index is -0.508. The Morgan fingerprint density at radius 3 is 2.65 bits per heavy atom. The molecule has 4 rings (SSSR count). The molecule has 210 valence electrons. The number of halogens is 3. The van der Waals surface area contributed by atoms with Crippen LogP contribution >= 0.6 is 11.6 Å². The van der Waals surface area contributed by atoms with Gasteiger partial charge in [-0.05, 0) is 55.0 Å². The Labute approximate surface area is 234 Å². The Morgan fingerprint density at radius 1 is 1.10 bits per heavy atom. The van der Waals surface area contributed by atoms with E-state index in [-0.39, 0.29) is 35.9 Å². The van der Waals surface area contributed by atoms with Crippen molar-refractivity contribution in [1.82, 2.24) is 35.3 Å². The van der Waals surface area contributed by atoms with Gasteiger partial charge in [-0.25, -0.2) is 8.78 Å². The number of nitrogens with one attached hydrogen (secondary N) is 2. The first kappa shape index (κ1) is 28.8. The highest BCUT2D eigenvalue weighted by Gasteiger charge is 2.14. The summed E-state index contributed by atoms with van der Waals surface area (Å²) >= 11 is 5.87. The van der Waals surface area contributed by atoms with Crippen molar-refractivity contribution in [2.45, 2.75) is 45.7 Å². The smallest absolute Gasteiger partial charge is 0.273 e. The first-order valence-electron chi connectivity index (χ1n) is 12.8. The summed E-state index contributed by atoms with van der Waals surface area (Å²) < 4.78 is 31.2. The number of carbonyl (C=O) groups excluding carboxylic acids is 2. The zero-order valence-corrected chi connectivity index (χ0v) is 22.6. The number of carbonyl (C=O) groups is 2. The van der Waals surface area contributed by atoms with E-state index in [1.54, 1.807) is 33.9 Å². The molecule has 0 bridgehead atoms. The first-order valence-corrected chi connectivity index (χ1v) is 13.2. The number of allylic oxidation sites excluding steroid dienone is 4. The monoisotopic (exact) mass is 570 g/mol. The second kappa shape index (κ2) is 13.7. The van der Waals surface area contributed by atoms with Gasteiger partial charge in [0.05, 0.1) is 18.8 Å². The molecular formula is C27H29ClF2N8O2. The Kier molecular flexibility index (Phi) is 9.90.